The van der Waals surface area contributed by atoms with E-state index in [4.69, 9.17) is 10.8 Å². The highest BCUT2D eigenvalue weighted by atomic mass is 19.1. The number of nitrogens with zero attached hydrogens (tertiary/aromatic N) is 1. The third kappa shape index (κ3) is 3.47. The van der Waals surface area contributed by atoms with E-state index in [1.807, 2.05) is 0 Å². The maximum absolute atomic E-state index is 13.3. The monoisotopic (exact) mass is 244 g/mol. The minimum absolute atomic E-state index is 0.0611. The number of nitrogens with two attached hydrogens (primary N) is 1. The number of carbonyl (C=O) groups is 1. The van der Waals surface area contributed by atoms with Gasteiger partial charge in [-0.1, -0.05) is 0 Å². The summed E-state index contributed by atoms with van der Waals surface area (Å²) in [5.41, 5.74) is 5.39. The molecule has 0 aliphatic carbocycles. The zero-order valence-electron chi connectivity index (χ0n) is 9.36. The van der Waals surface area contributed by atoms with Gasteiger partial charge in [-0.2, -0.15) is 0 Å². The third-order valence-electron chi connectivity index (χ3n) is 2.31. The first-order valence-corrected chi connectivity index (χ1v) is 5.01. The Hall–Kier alpha value is -1.53. The Kier molecular flexibility index (Phi) is 4.53. The predicted molar refractivity (Wildman–Crippen MR) is 57.9 cm³/mol. The van der Waals surface area contributed by atoms with Crippen LogP contribution in [0.1, 0.15) is 5.56 Å². The van der Waals surface area contributed by atoms with Gasteiger partial charge in [0.1, 0.15) is 17.7 Å². The zero-order valence-corrected chi connectivity index (χ0v) is 9.36. The molecular formula is C11H14F2N2O2. The Labute approximate surface area is 97.6 Å². The van der Waals surface area contributed by atoms with Gasteiger partial charge < -0.3 is 15.7 Å². The first-order chi connectivity index (χ1) is 7.95. The van der Waals surface area contributed by atoms with Crippen molar-refractivity contribution in [3.8, 4) is 0 Å². The first kappa shape index (κ1) is 13.5. The van der Waals surface area contributed by atoms with Crippen LogP contribution in [0.5, 0.6) is 0 Å². The van der Waals surface area contributed by atoms with Gasteiger partial charge in [0.25, 0.3) is 0 Å². The van der Waals surface area contributed by atoms with Crippen molar-refractivity contribution in [2.45, 2.75) is 12.6 Å². The van der Waals surface area contributed by atoms with E-state index in [0.29, 0.717) is 0 Å². The van der Waals surface area contributed by atoms with Crippen molar-refractivity contribution < 1.29 is 18.7 Å². The van der Waals surface area contributed by atoms with E-state index in [1.54, 1.807) is 0 Å². The van der Waals surface area contributed by atoms with E-state index in [1.165, 1.54) is 7.05 Å². The summed E-state index contributed by atoms with van der Waals surface area (Å²) in [7, 11) is 1.40. The Bertz CT molecular complexity index is 412. The van der Waals surface area contributed by atoms with Crippen molar-refractivity contribution in [3.05, 3.63) is 35.4 Å². The van der Waals surface area contributed by atoms with Crippen molar-refractivity contribution in [3.63, 3.8) is 0 Å². The number of benzene rings is 1. The van der Waals surface area contributed by atoms with Crippen molar-refractivity contribution in [2.24, 2.45) is 5.73 Å². The standard InChI is InChI=1S/C11H14F2N2O2/c1-15(11(17)10(14)6-16)5-7-4-8(12)2-3-9(7)13/h2-4,10,16H,5-6,14H2,1H3. The van der Waals surface area contributed by atoms with Crippen LogP contribution in [-0.4, -0.2) is 35.6 Å². The van der Waals surface area contributed by atoms with Crippen LogP contribution < -0.4 is 5.73 Å². The second-order valence-electron chi connectivity index (χ2n) is 3.72. The lowest BCUT2D eigenvalue weighted by atomic mass is 10.2. The molecule has 0 radical (unpaired) electrons. The minimum Gasteiger partial charge on any atom is -0.394 e. The fourth-order valence-electron chi connectivity index (χ4n) is 1.36. The summed E-state index contributed by atoms with van der Waals surface area (Å²) in [5, 5.41) is 8.71. The summed E-state index contributed by atoms with van der Waals surface area (Å²) < 4.78 is 26.2. The Balaban J connectivity index is 2.77. The van der Waals surface area contributed by atoms with E-state index in [0.717, 1.165) is 23.1 Å². The molecular weight excluding hydrogens is 230 g/mol. The smallest absolute Gasteiger partial charge is 0.241 e. The SMILES string of the molecule is CN(Cc1cc(F)ccc1F)C(=O)C(N)CO. The Morgan fingerprint density at radius 2 is 2.18 bits per heavy atom. The molecule has 0 aromatic heterocycles. The molecule has 1 aromatic carbocycles. The molecule has 0 fully saturated rings. The number of hydrogen-bond donors (Lipinski definition) is 2. The maximum Gasteiger partial charge on any atom is 0.241 e. The van der Waals surface area contributed by atoms with Crippen LogP contribution in [0, 0.1) is 11.6 Å². The summed E-state index contributed by atoms with van der Waals surface area (Å²) in [4.78, 5) is 12.6. The van der Waals surface area contributed by atoms with E-state index < -0.39 is 30.2 Å². The van der Waals surface area contributed by atoms with E-state index >= 15 is 0 Å². The molecule has 0 spiro atoms. The van der Waals surface area contributed by atoms with E-state index in [9.17, 15) is 13.6 Å². The van der Waals surface area contributed by atoms with Gasteiger partial charge in [-0.25, -0.2) is 8.78 Å². The van der Waals surface area contributed by atoms with Gasteiger partial charge in [0.2, 0.25) is 5.91 Å². The molecule has 1 atom stereocenters. The molecule has 4 nitrogen and oxygen atoms in total. The fourth-order valence-corrected chi connectivity index (χ4v) is 1.36. The van der Waals surface area contributed by atoms with Crippen LogP contribution in [0.3, 0.4) is 0 Å². The van der Waals surface area contributed by atoms with Crippen LogP contribution in [0.15, 0.2) is 18.2 Å². The molecule has 0 aliphatic rings. The highest BCUT2D eigenvalue weighted by Gasteiger charge is 2.18. The lowest BCUT2D eigenvalue weighted by Gasteiger charge is -2.20. The average Bonchev–Trinajstić information content (AvgIpc) is 2.31. The quantitative estimate of drug-likeness (QED) is 0.797. The Morgan fingerprint density at radius 1 is 1.53 bits per heavy atom. The highest BCUT2D eigenvalue weighted by Crippen LogP contribution is 2.12. The summed E-state index contributed by atoms with van der Waals surface area (Å²) in [6.07, 6.45) is 0. The molecule has 1 amide bonds. The molecule has 6 heteroatoms. The number of aliphatic hydroxyl groups is 1. The number of carbonyl (C=O) groups excluding carboxylic acids is 1. The van der Waals surface area contributed by atoms with Gasteiger partial charge in [0.05, 0.1) is 6.61 Å². The largest absolute Gasteiger partial charge is 0.394 e. The molecule has 0 saturated carbocycles. The number of likely N-dealkylation sites (N-methyl/N-ethyl adjacent to an activating group) is 1. The van der Waals surface area contributed by atoms with Gasteiger partial charge in [-0.3, -0.25) is 4.79 Å². The zero-order chi connectivity index (χ0) is 13.0. The second-order valence-corrected chi connectivity index (χ2v) is 3.72. The van der Waals surface area contributed by atoms with Crippen LogP contribution in [-0.2, 0) is 11.3 Å². The van der Waals surface area contributed by atoms with Crippen LogP contribution >= 0.6 is 0 Å². The van der Waals surface area contributed by atoms with Crippen LogP contribution in [0.2, 0.25) is 0 Å². The lowest BCUT2D eigenvalue weighted by molar-refractivity contribution is -0.132. The molecule has 0 bridgehead atoms. The fraction of sp³-hybridized carbons (Fsp3) is 0.364. The molecule has 1 aromatic rings. The van der Waals surface area contributed by atoms with Gasteiger partial charge in [0.15, 0.2) is 0 Å². The molecule has 1 rings (SSSR count). The number of rotatable bonds is 4. The lowest BCUT2D eigenvalue weighted by Crippen LogP contribution is -2.43. The average molecular weight is 244 g/mol. The van der Waals surface area contributed by atoms with Crippen molar-refractivity contribution >= 4 is 5.91 Å². The molecule has 1 unspecified atom stereocenters. The minimum atomic E-state index is -1.04. The van der Waals surface area contributed by atoms with E-state index in [-0.39, 0.29) is 12.1 Å². The molecule has 0 aliphatic heterocycles. The number of aliphatic hydroxyl groups excluding tert-OH is 1. The molecule has 0 saturated heterocycles. The number of hydrogen-bond acceptors (Lipinski definition) is 3. The number of halogens is 2. The number of amides is 1. The topological polar surface area (TPSA) is 66.6 Å². The van der Waals surface area contributed by atoms with Gasteiger partial charge in [0, 0.05) is 19.2 Å². The summed E-state index contributed by atoms with van der Waals surface area (Å²) >= 11 is 0. The van der Waals surface area contributed by atoms with Crippen molar-refractivity contribution in [2.75, 3.05) is 13.7 Å². The summed E-state index contributed by atoms with van der Waals surface area (Å²) in [5.74, 6) is -1.70. The first-order valence-electron chi connectivity index (χ1n) is 5.01. The van der Waals surface area contributed by atoms with Gasteiger partial charge in [-0.15, -0.1) is 0 Å². The van der Waals surface area contributed by atoms with Crippen LogP contribution in [0.4, 0.5) is 8.78 Å². The second kappa shape index (κ2) is 5.70. The molecule has 17 heavy (non-hydrogen) atoms. The molecule has 0 heterocycles. The molecule has 3 N–H and O–H groups in total. The third-order valence-corrected chi connectivity index (χ3v) is 2.31. The van der Waals surface area contributed by atoms with Gasteiger partial charge >= 0.3 is 0 Å². The van der Waals surface area contributed by atoms with E-state index in [2.05, 4.69) is 0 Å². The van der Waals surface area contributed by atoms with Crippen molar-refractivity contribution in [1.82, 2.24) is 4.90 Å². The highest BCUT2D eigenvalue weighted by molar-refractivity contribution is 5.81. The summed E-state index contributed by atoms with van der Waals surface area (Å²) in [6, 6.07) is 1.97. The van der Waals surface area contributed by atoms with Crippen molar-refractivity contribution in [1.29, 1.82) is 0 Å². The maximum atomic E-state index is 13.3. The van der Waals surface area contributed by atoms with Gasteiger partial charge in [-0.05, 0) is 18.2 Å². The summed E-state index contributed by atoms with van der Waals surface area (Å²) in [6.45, 7) is -0.592. The normalized spacial score (nSPS) is 12.3. The predicted octanol–water partition coefficient (Wildman–Crippen LogP) is 0.243. The molecule has 94 valence electrons. The Morgan fingerprint density at radius 3 is 2.76 bits per heavy atom. The van der Waals surface area contributed by atoms with Crippen LogP contribution in [0.25, 0.3) is 0 Å².